The first-order valence-electron chi connectivity index (χ1n) is 9.73. The number of hydrogen-bond acceptors (Lipinski definition) is 7. The Labute approximate surface area is 192 Å². The molecular formula is C22H19N5O5S. The van der Waals surface area contributed by atoms with Crippen molar-refractivity contribution in [3.05, 3.63) is 66.4 Å². The van der Waals surface area contributed by atoms with Crippen LogP contribution in [0.1, 0.15) is 10.4 Å². The maximum absolute atomic E-state index is 12.8. The minimum absolute atomic E-state index is 0.0454. The molecular weight excluding hydrogens is 446 g/mol. The number of primary amides is 1. The lowest BCUT2D eigenvalue weighted by Crippen LogP contribution is -2.19. The molecule has 0 saturated heterocycles. The standard InChI is InChI=1S/C22H19N5O5S/c23-22(30)27-14-4-1-3-13(9-14)26-20(29)16-5-2-8-24-21(16)33-11-19(28)25-15-6-7-17-18(10-15)32-12-31-17/h1-10H,11-12H2,(H,25,28)(H,26,29)(H3,23,27,30). The molecule has 1 aliphatic heterocycles. The van der Waals surface area contributed by atoms with Gasteiger partial charge in [0.1, 0.15) is 5.03 Å². The molecule has 0 radical (unpaired) electrons. The molecule has 2 heterocycles. The molecule has 0 aliphatic carbocycles. The molecule has 4 amide bonds. The Morgan fingerprint density at radius 3 is 2.48 bits per heavy atom. The number of fused-ring (bicyclic) bond motifs is 1. The minimum Gasteiger partial charge on any atom is -0.454 e. The molecule has 1 aliphatic rings. The van der Waals surface area contributed by atoms with Gasteiger partial charge in [-0.25, -0.2) is 9.78 Å². The van der Waals surface area contributed by atoms with Crippen LogP contribution in [0.3, 0.4) is 0 Å². The van der Waals surface area contributed by atoms with Gasteiger partial charge in [-0.05, 0) is 42.5 Å². The number of pyridine rings is 1. The smallest absolute Gasteiger partial charge is 0.316 e. The van der Waals surface area contributed by atoms with E-state index in [1.165, 1.54) is 0 Å². The highest BCUT2D eigenvalue weighted by Gasteiger charge is 2.17. The van der Waals surface area contributed by atoms with Crippen LogP contribution in [0.2, 0.25) is 0 Å². The van der Waals surface area contributed by atoms with Crippen LogP contribution in [0.4, 0.5) is 21.9 Å². The lowest BCUT2D eigenvalue weighted by atomic mass is 10.2. The Kier molecular flexibility index (Phi) is 6.60. The number of nitrogens with one attached hydrogen (secondary N) is 3. The fraction of sp³-hybridized carbons (Fsp3) is 0.0909. The van der Waals surface area contributed by atoms with Crippen LogP contribution < -0.4 is 31.2 Å². The van der Waals surface area contributed by atoms with Gasteiger partial charge in [-0.2, -0.15) is 0 Å². The van der Waals surface area contributed by atoms with Crippen LogP contribution in [-0.4, -0.2) is 35.4 Å². The second kappa shape index (κ2) is 9.92. The number of nitrogens with two attached hydrogens (primary N) is 1. The Morgan fingerprint density at radius 2 is 1.67 bits per heavy atom. The highest BCUT2D eigenvalue weighted by atomic mass is 32.2. The minimum atomic E-state index is -0.705. The van der Waals surface area contributed by atoms with Crippen molar-refractivity contribution in [1.29, 1.82) is 0 Å². The zero-order chi connectivity index (χ0) is 23.2. The first kappa shape index (κ1) is 22.0. The van der Waals surface area contributed by atoms with Gasteiger partial charge in [0.25, 0.3) is 5.91 Å². The zero-order valence-electron chi connectivity index (χ0n) is 17.2. The molecule has 0 unspecified atom stereocenters. The molecule has 4 rings (SSSR count). The summed E-state index contributed by atoms with van der Waals surface area (Å²) in [5, 5.41) is 8.39. The summed E-state index contributed by atoms with van der Waals surface area (Å²) in [6.07, 6.45) is 1.55. The van der Waals surface area contributed by atoms with E-state index in [1.807, 2.05) is 0 Å². The first-order chi connectivity index (χ1) is 16.0. The van der Waals surface area contributed by atoms with Gasteiger partial charge in [0, 0.05) is 29.3 Å². The first-order valence-corrected chi connectivity index (χ1v) is 10.7. The highest BCUT2D eigenvalue weighted by molar-refractivity contribution is 8.00. The van der Waals surface area contributed by atoms with Gasteiger partial charge >= 0.3 is 6.03 Å². The largest absolute Gasteiger partial charge is 0.454 e. The van der Waals surface area contributed by atoms with Gasteiger partial charge in [0.15, 0.2) is 11.5 Å². The highest BCUT2D eigenvalue weighted by Crippen LogP contribution is 2.34. The van der Waals surface area contributed by atoms with Crippen LogP contribution in [0.15, 0.2) is 65.8 Å². The van der Waals surface area contributed by atoms with Crippen molar-refractivity contribution < 1.29 is 23.9 Å². The number of aromatic nitrogens is 1. The third-order valence-corrected chi connectivity index (χ3v) is 5.41. The van der Waals surface area contributed by atoms with Gasteiger partial charge in [-0.1, -0.05) is 17.8 Å². The van der Waals surface area contributed by atoms with E-state index in [-0.39, 0.29) is 18.5 Å². The maximum Gasteiger partial charge on any atom is 0.316 e. The second-order valence-electron chi connectivity index (χ2n) is 6.79. The van der Waals surface area contributed by atoms with Crippen LogP contribution in [0.5, 0.6) is 11.5 Å². The molecule has 0 spiro atoms. The summed E-state index contributed by atoms with van der Waals surface area (Å²) in [7, 11) is 0. The quantitative estimate of drug-likeness (QED) is 0.392. The summed E-state index contributed by atoms with van der Waals surface area (Å²) in [5.74, 6) is 0.574. The summed E-state index contributed by atoms with van der Waals surface area (Å²) in [6, 6.07) is 14.2. The molecule has 33 heavy (non-hydrogen) atoms. The van der Waals surface area contributed by atoms with E-state index in [9.17, 15) is 14.4 Å². The third kappa shape index (κ3) is 5.71. The molecule has 2 aromatic carbocycles. The summed E-state index contributed by atoms with van der Waals surface area (Å²) in [4.78, 5) is 40.5. The van der Waals surface area contributed by atoms with Crippen LogP contribution >= 0.6 is 11.8 Å². The number of hydrogen-bond donors (Lipinski definition) is 4. The lowest BCUT2D eigenvalue weighted by Gasteiger charge is -2.10. The van der Waals surface area contributed by atoms with Crippen LogP contribution in [-0.2, 0) is 4.79 Å². The molecule has 0 saturated carbocycles. The Morgan fingerprint density at radius 1 is 0.909 bits per heavy atom. The molecule has 3 aromatic rings. The normalized spacial score (nSPS) is 11.5. The average Bonchev–Trinajstić information content (AvgIpc) is 3.25. The van der Waals surface area contributed by atoms with Crippen molar-refractivity contribution in [2.24, 2.45) is 5.73 Å². The van der Waals surface area contributed by atoms with Crippen LogP contribution in [0, 0.1) is 0 Å². The number of carbonyl (C=O) groups excluding carboxylic acids is 3. The predicted molar refractivity (Wildman–Crippen MR) is 124 cm³/mol. The predicted octanol–water partition coefficient (Wildman–Crippen LogP) is 3.28. The van der Waals surface area contributed by atoms with Gasteiger partial charge in [-0.3, -0.25) is 9.59 Å². The number of ether oxygens (including phenoxy) is 2. The van der Waals surface area contributed by atoms with Crippen molar-refractivity contribution in [1.82, 2.24) is 4.98 Å². The molecule has 1 aromatic heterocycles. The molecule has 10 nitrogen and oxygen atoms in total. The SMILES string of the molecule is NC(=O)Nc1cccc(NC(=O)c2cccnc2SCC(=O)Nc2ccc3c(c2)OCO3)c1. The van der Waals surface area contributed by atoms with Gasteiger partial charge in [0.05, 0.1) is 11.3 Å². The van der Waals surface area contributed by atoms with E-state index < -0.39 is 11.9 Å². The molecule has 0 atom stereocenters. The van der Waals surface area contributed by atoms with Crippen molar-refractivity contribution in [3.63, 3.8) is 0 Å². The Balaban J connectivity index is 1.38. The summed E-state index contributed by atoms with van der Waals surface area (Å²) < 4.78 is 10.6. The number of anilines is 3. The summed E-state index contributed by atoms with van der Waals surface area (Å²) in [5.41, 5.74) is 6.92. The molecule has 168 valence electrons. The van der Waals surface area contributed by atoms with Crippen LogP contribution in [0.25, 0.3) is 0 Å². The number of thioether (sulfide) groups is 1. The number of carbonyl (C=O) groups is 3. The van der Waals surface area contributed by atoms with Crippen molar-refractivity contribution >= 4 is 46.7 Å². The third-order valence-electron chi connectivity index (χ3n) is 4.40. The van der Waals surface area contributed by atoms with Gasteiger partial charge < -0.3 is 31.2 Å². The van der Waals surface area contributed by atoms with Crippen molar-refractivity contribution in [3.8, 4) is 11.5 Å². The maximum atomic E-state index is 12.8. The average molecular weight is 465 g/mol. The summed E-state index contributed by atoms with van der Waals surface area (Å²) >= 11 is 1.14. The molecule has 0 fully saturated rings. The van der Waals surface area contributed by atoms with E-state index in [0.717, 1.165) is 11.8 Å². The van der Waals surface area contributed by atoms with E-state index in [1.54, 1.807) is 60.8 Å². The van der Waals surface area contributed by atoms with Crippen molar-refractivity contribution in [2.45, 2.75) is 5.03 Å². The number of urea groups is 1. The van der Waals surface area contributed by atoms with E-state index in [4.69, 9.17) is 15.2 Å². The van der Waals surface area contributed by atoms with E-state index in [0.29, 0.717) is 39.2 Å². The second-order valence-corrected chi connectivity index (χ2v) is 7.75. The lowest BCUT2D eigenvalue weighted by molar-refractivity contribution is -0.113. The number of amides is 4. The topological polar surface area (TPSA) is 145 Å². The molecule has 0 bridgehead atoms. The number of benzene rings is 2. The molecule has 5 N–H and O–H groups in total. The monoisotopic (exact) mass is 465 g/mol. The van der Waals surface area contributed by atoms with E-state index in [2.05, 4.69) is 20.9 Å². The fourth-order valence-electron chi connectivity index (χ4n) is 3.00. The van der Waals surface area contributed by atoms with E-state index >= 15 is 0 Å². The number of rotatable bonds is 7. The van der Waals surface area contributed by atoms with Gasteiger partial charge in [0.2, 0.25) is 12.7 Å². The fourth-order valence-corrected chi connectivity index (χ4v) is 3.79. The van der Waals surface area contributed by atoms with Crippen molar-refractivity contribution in [2.75, 3.05) is 28.5 Å². The Hall–Kier alpha value is -4.25. The number of nitrogens with zero attached hydrogens (tertiary/aromatic N) is 1. The Bertz CT molecular complexity index is 1220. The molecule has 11 heteroatoms. The van der Waals surface area contributed by atoms with Gasteiger partial charge in [-0.15, -0.1) is 0 Å². The zero-order valence-corrected chi connectivity index (χ0v) is 18.0. The summed E-state index contributed by atoms with van der Waals surface area (Å²) in [6.45, 7) is 0.152.